The highest BCUT2D eigenvalue weighted by Crippen LogP contribution is 2.24. The van der Waals surface area contributed by atoms with Crippen molar-refractivity contribution in [1.82, 2.24) is 0 Å². The lowest BCUT2D eigenvalue weighted by atomic mass is 10.2. The van der Waals surface area contributed by atoms with Gasteiger partial charge in [-0.05, 0) is 42.8 Å². The van der Waals surface area contributed by atoms with Gasteiger partial charge in [-0.15, -0.1) is 0 Å². The van der Waals surface area contributed by atoms with Crippen LogP contribution in [0.4, 0.5) is 14.5 Å². The fraction of sp³-hybridized carbons (Fsp3) is 0.0769. The van der Waals surface area contributed by atoms with Crippen molar-refractivity contribution in [2.24, 2.45) is 0 Å². The SMILES string of the molecule is Cc1ccc(Cl)cc1NS(=O)(=O)c1ccc(F)c(F)c1. The number of nitrogens with one attached hydrogen (secondary N) is 1. The molecule has 0 unspecified atom stereocenters. The third kappa shape index (κ3) is 3.08. The van der Waals surface area contributed by atoms with E-state index >= 15 is 0 Å². The lowest BCUT2D eigenvalue weighted by molar-refractivity contribution is 0.504. The molecule has 0 aliphatic carbocycles. The number of halogens is 3. The molecule has 2 aromatic carbocycles. The van der Waals surface area contributed by atoms with Gasteiger partial charge in [0.1, 0.15) is 0 Å². The van der Waals surface area contributed by atoms with Crippen molar-refractivity contribution in [3.63, 3.8) is 0 Å². The molecule has 0 atom stereocenters. The Balaban J connectivity index is 2.40. The van der Waals surface area contributed by atoms with E-state index in [2.05, 4.69) is 4.72 Å². The van der Waals surface area contributed by atoms with Crippen LogP contribution in [0.5, 0.6) is 0 Å². The van der Waals surface area contributed by atoms with Gasteiger partial charge in [-0.1, -0.05) is 17.7 Å². The van der Waals surface area contributed by atoms with Gasteiger partial charge in [0.2, 0.25) is 0 Å². The van der Waals surface area contributed by atoms with Gasteiger partial charge in [0.05, 0.1) is 10.6 Å². The van der Waals surface area contributed by atoms with Crippen LogP contribution in [0.1, 0.15) is 5.56 Å². The molecule has 0 spiro atoms. The van der Waals surface area contributed by atoms with Gasteiger partial charge in [-0.3, -0.25) is 4.72 Å². The van der Waals surface area contributed by atoms with E-state index in [4.69, 9.17) is 11.6 Å². The first-order chi connectivity index (χ1) is 9.29. The Morgan fingerprint density at radius 1 is 1.05 bits per heavy atom. The van der Waals surface area contributed by atoms with E-state index in [9.17, 15) is 17.2 Å². The van der Waals surface area contributed by atoms with E-state index in [1.807, 2.05) is 0 Å². The van der Waals surface area contributed by atoms with Gasteiger partial charge in [-0.2, -0.15) is 0 Å². The summed E-state index contributed by atoms with van der Waals surface area (Å²) < 4.78 is 52.4. The topological polar surface area (TPSA) is 46.2 Å². The van der Waals surface area contributed by atoms with Crippen molar-refractivity contribution in [2.45, 2.75) is 11.8 Å². The number of hydrogen-bond acceptors (Lipinski definition) is 2. The molecule has 0 radical (unpaired) electrons. The summed E-state index contributed by atoms with van der Waals surface area (Å²) in [4.78, 5) is -0.365. The Bertz CT molecular complexity index is 763. The summed E-state index contributed by atoms with van der Waals surface area (Å²) in [7, 11) is -4.01. The minimum absolute atomic E-state index is 0.280. The lowest BCUT2D eigenvalue weighted by Gasteiger charge is -2.11. The standard InChI is InChI=1S/C13H10ClF2NO2S/c1-8-2-3-9(14)6-13(8)17-20(18,19)10-4-5-11(15)12(16)7-10/h2-7,17H,1H3. The fourth-order valence-corrected chi connectivity index (χ4v) is 2.86. The molecule has 0 heterocycles. The summed E-state index contributed by atoms with van der Waals surface area (Å²) >= 11 is 5.79. The minimum Gasteiger partial charge on any atom is -0.279 e. The second-order valence-electron chi connectivity index (χ2n) is 4.14. The first-order valence-corrected chi connectivity index (χ1v) is 7.40. The fourth-order valence-electron chi connectivity index (χ4n) is 1.55. The normalized spacial score (nSPS) is 11.4. The van der Waals surface area contributed by atoms with Crippen LogP contribution in [0, 0.1) is 18.6 Å². The van der Waals surface area contributed by atoms with Crippen LogP contribution in [-0.4, -0.2) is 8.42 Å². The van der Waals surface area contributed by atoms with Crippen LogP contribution in [-0.2, 0) is 10.0 Å². The van der Waals surface area contributed by atoms with Crippen LogP contribution in [0.2, 0.25) is 5.02 Å². The lowest BCUT2D eigenvalue weighted by Crippen LogP contribution is -2.14. The Labute approximate surface area is 120 Å². The number of rotatable bonds is 3. The zero-order valence-electron chi connectivity index (χ0n) is 10.3. The van der Waals surface area contributed by atoms with Crippen molar-refractivity contribution in [3.05, 3.63) is 58.6 Å². The predicted molar refractivity (Wildman–Crippen MR) is 73.4 cm³/mol. The second-order valence-corrected chi connectivity index (χ2v) is 6.26. The minimum atomic E-state index is -4.01. The summed E-state index contributed by atoms with van der Waals surface area (Å²) in [6, 6.07) is 7.07. The average molecular weight is 318 g/mol. The molecule has 2 aromatic rings. The van der Waals surface area contributed by atoms with Crippen LogP contribution in [0.3, 0.4) is 0 Å². The first-order valence-electron chi connectivity index (χ1n) is 5.53. The van der Waals surface area contributed by atoms with Crippen molar-refractivity contribution in [1.29, 1.82) is 0 Å². The van der Waals surface area contributed by atoms with E-state index in [-0.39, 0.29) is 10.6 Å². The summed E-state index contributed by atoms with van der Waals surface area (Å²) in [5, 5.41) is 0.360. The molecule has 2 rings (SSSR count). The third-order valence-electron chi connectivity index (χ3n) is 2.65. The molecule has 0 saturated carbocycles. The highest BCUT2D eigenvalue weighted by molar-refractivity contribution is 7.92. The quantitative estimate of drug-likeness (QED) is 0.937. The van der Waals surface area contributed by atoms with Gasteiger partial charge in [-0.25, -0.2) is 17.2 Å². The van der Waals surface area contributed by atoms with Crippen LogP contribution < -0.4 is 4.72 Å². The molecule has 106 valence electrons. The van der Waals surface area contributed by atoms with E-state index < -0.39 is 21.7 Å². The van der Waals surface area contributed by atoms with E-state index in [1.54, 1.807) is 19.1 Å². The molecule has 0 amide bonds. The molecule has 3 nitrogen and oxygen atoms in total. The average Bonchev–Trinajstić information content (AvgIpc) is 2.36. The number of hydrogen-bond donors (Lipinski definition) is 1. The Morgan fingerprint density at radius 3 is 2.40 bits per heavy atom. The molecule has 0 saturated heterocycles. The maximum atomic E-state index is 13.1. The zero-order valence-corrected chi connectivity index (χ0v) is 11.9. The molecular formula is C13H10ClF2NO2S. The number of anilines is 1. The van der Waals surface area contributed by atoms with Gasteiger partial charge >= 0.3 is 0 Å². The Morgan fingerprint density at radius 2 is 1.75 bits per heavy atom. The van der Waals surface area contributed by atoms with E-state index in [1.165, 1.54) is 6.07 Å². The summed E-state index contributed by atoms with van der Waals surface area (Å²) in [5.74, 6) is -2.33. The van der Waals surface area contributed by atoms with Gasteiger partial charge < -0.3 is 0 Å². The first kappa shape index (κ1) is 14.7. The maximum absolute atomic E-state index is 13.1. The van der Waals surface area contributed by atoms with Crippen molar-refractivity contribution in [2.75, 3.05) is 4.72 Å². The number of aryl methyl sites for hydroxylation is 1. The molecule has 0 fully saturated rings. The van der Waals surface area contributed by atoms with Gasteiger partial charge in [0, 0.05) is 5.02 Å². The molecule has 1 N–H and O–H groups in total. The largest absolute Gasteiger partial charge is 0.279 e. The molecule has 0 aromatic heterocycles. The maximum Gasteiger partial charge on any atom is 0.262 e. The van der Waals surface area contributed by atoms with Crippen molar-refractivity contribution >= 4 is 27.3 Å². The highest BCUT2D eigenvalue weighted by atomic mass is 35.5. The smallest absolute Gasteiger partial charge is 0.262 e. The molecule has 7 heteroatoms. The molecule has 20 heavy (non-hydrogen) atoms. The Kier molecular flexibility index (Phi) is 3.96. The molecule has 0 bridgehead atoms. The van der Waals surface area contributed by atoms with Crippen LogP contribution in [0.15, 0.2) is 41.3 Å². The monoisotopic (exact) mass is 317 g/mol. The Hall–Kier alpha value is -1.66. The van der Waals surface area contributed by atoms with Crippen LogP contribution >= 0.6 is 11.6 Å². The molecule has 0 aliphatic rings. The molecular weight excluding hydrogens is 308 g/mol. The van der Waals surface area contributed by atoms with E-state index in [0.29, 0.717) is 16.7 Å². The predicted octanol–water partition coefficient (Wildman–Crippen LogP) is 3.73. The summed E-state index contributed by atoms with van der Waals surface area (Å²) in [6.45, 7) is 1.69. The zero-order chi connectivity index (χ0) is 14.9. The third-order valence-corrected chi connectivity index (χ3v) is 4.24. The van der Waals surface area contributed by atoms with Crippen molar-refractivity contribution < 1.29 is 17.2 Å². The van der Waals surface area contributed by atoms with E-state index in [0.717, 1.165) is 12.1 Å². The van der Waals surface area contributed by atoms with Crippen LogP contribution in [0.25, 0.3) is 0 Å². The van der Waals surface area contributed by atoms with Gasteiger partial charge in [0.25, 0.3) is 10.0 Å². The highest BCUT2D eigenvalue weighted by Gasteiger charge is 2.17. The summed E-state index contributed by atoms with van der Waals surface area (Å²) in [5.41, 5.74) is 0.933. The second kappa shape index (κ2) is 5.38. The summed E-state index contributed by atoms with van der Waals surface area (Å²) in [6.07, 6.45) is 0. The number of benzene rings is 2. The van der Waals surface area contributed by atoms with Gasteiger partial charge in [0.15, 0.2) is 11.6 Å². The van der Waals surface area contributed by atoms with Crippen molar-refractivity contribution in [3.8, 4) is 0 Å². The number of sulfonamides is 1. The molecule has 0 aliphatic heterocycles.